The van der Waals surface area contributed by atoms with Gasteiger partial charge in [0.1, 0.15) is 19.0 Å². The molecule has 2 aromatic rings. The van der Waals surface area contributed by atoms with Crippen LogP contribution >= 0.6 is 7.82 Å². The molecule has 1 atom stereocenters. The number of benzene rings is 2. The lowest BCUT2D eigenvalue weighted by atomic mass is 10.0. The molecule has 0 fully saturated rings. The molecule has 0 unspecified atom stereocenters. The zero-order valence-corrected chi connectivity index (χ0v) is 16.3. The van der Waals surface area contributed by atoms with E-state index in [4.69, 9.17) is 14.0 Å². The number of para-hydroxylation sites is 2. The van der Waals surface area contributed by atoms with Crippen LogP contribution in [0.3, 0.4) is 0 Å². The van der Waals surface area contributed by atoms with E-state index in [1.165, 1.54) is 0 Å². The van der Waals surface area contributed by atoms with Gasteiger partial charge < -0.3 is 29.7 Å². The van der Waals surface area contributed by atoms with Gasteiger partial charge in [0.15, 0.2) is 17.1 Å². The van der Waals surface area contributed by atoms with Crippen LogP contribution in [0.1, 0.15) is 12.5 Å². The van der Waals surface area contributed by atoms with Gasteiger partial charge in [-0.05, 0) is 43.2 Å². The van der Waals surface area contributed by atoms with Gasteiger partial charge in [0, 0.05) is 12.6 Å². The molecule has 28 heavy (non-hydrogen) atoms. The zero-order chi connectivity index (χ0) is 20.2. The summed E-state index contributed by atoms with van der Waals surface area (Å²) in [5.74, 6) is 1.19. The summed E-state index contributed by atoms with van der Waals surface area (Å²) in [6.07, 6.45) is 0.661. The molecule has 152 valence electrons. The summed E-state index contributed by atoms with van der Waals surface area (Å²) in [5.41, 5.74) is -0.343. The van der Waals surface area contributed by atoms with E-state index in [1.807, 2.05) is 19.1 Å². The van der Waals surface area contributed by atoms with E-state index in [0.717, 1.165) is 5.56 Å². The van der Waals surface area contributed by atoms with Crippen LogP contribution in [0.2, 0.25) is 0 Å². The maximum absolute atomic E-state index is 11.6. The van der Waals surface area contributed by atoms with Crippen molar-refractivity contribution >= 4 is 7.82 Å². The number of phenolic OH excluding ortho intramolecular Hbond substituents is 1. The van der Waals surface area contributed by atoms with E-state index in [0.29, 0.717) is 17.9 Å². The molecule has 0 saturated carbocycles. The van der Waals surface area contributed by atoms with E-state index < -0.39 is 13.4 Å². The highest BCUT2D eigenvalue weighted by Crippen LogP contribution is 2.43. The molecule has 1 heterocycles. The highest BCUT2D eigenvalue weighted by molar-refractivity contribution is 7.46. The van der Waals surface area contributed by atoms with E-state index in [-0.39, 0.29) is 31.5 Å². The summed E-state index contributed by atoms with van der Waals surface area (Å²) < 4.78 is 28.1. The Morgan fingerprint density at radius 2 is 1.68 bits per heavy atom. The third-order valence-electron chi connectivity index (χ3n) is 4.39. The molecule has 0 aromatic heterocycles. The third kappa shape index (κ3) is 5.70. The number of fused-ring (bicyclic) bond motifs is 1. The number of phenols is 1. The molecular formula is C19H24NO7P. The summed E-state index contributed by atoms with van der Waals surface area (Å²) in [7, 11) is -4.77. The number of phosphoric ester groups is 1. The van der Waals surface area contributed by atoms with Crippen LogP contribution in [0, 0.1) is 0 Å². The van der Waals surface area contributed by atoms with Crippen LogP contribution in [-0.2, 0) is 15.5 Å². The molecule has 9 heteroatoms. The fourth-order valence-electron chi connectivity index (χ4n) is 3.01. The van der Waals surface area contributed by atoms with Gasteiger partial charge in [-0.2, -0.15) is 0 Å². The minimum Gasteiger partial charge on any atom is -0.508 e. The van der Waals surface area contributed by atoms with Gasteiger partial charge in [-0.3, -0.25) is 4.52 Å². The number of aromatic hydroxyl groups is 1. The van der Waals surface area contributed by atoms with E-state index in [1.54, 1.807) is 36.4 Å². The normalized spacial score (nSPS) is 17.0. The Balaban J connectivity index is 1.68. The highest BCUT2D eigenvalue weighted by atomic mass is 31.2. The van der Waals surface area contributed by atoms with Crippen molar-refractivity contribution in [2.45, 2.75) is 25.0 Å². The summed E-state index contributed by atoms with van der Waals surface area (Å²) in [4.78, 5) is 18.8. The van der Waals surface area contributed by atoms with Crippen molar-refractivity contribution in [1.29, 1.82) is 0 Å². The Bertz CT molecular complexity index is 809. The van der Waals surface area contributed by atoms with E-state index in [9.17, 15) is 19.5 Å². The van der Waals surface area contributed by atoms with Crippen LogP contribution in [0.15, 0.2) is 48.5 Å². The van der Waals surface area contributed by atoms with Crippen molar-refractivity contribution in [3.8, 4) is 17.2 Å². The summed E-state index contributed by atoms with van der Waals surface area (Å²) in [6, 6.07) is 13.9. The minimum atomic E-state index is -4.77. The molecule has 0 bridgehead atoms. The smallest absolute Gasteiger partial charge is 0.470 e. The molecule has 0 aliphatic carbocycles. The molecule has 8 nitrogen and oxygen atoms in total. The van der Waals surface area contributed by atoms with Gasteiger partial charge in [0.2, 0.25) is 0 Å². The van der Waals surface area contributed by atoms with Crippen LogP contribution in [-0.4, -0.2) is 46.3 Å². The van der Waals surface area contributed by atoms with Gasteiger partial charge in [-0.15, -0.1) is 0 Å². The Morgan fingerprint density at radius 3 is 2.21 bits per heavy atom. The van der Waals surface area contributed by atoms with Crippen molar-refractivity contribution in [2.24, 2.45) is 0 Å². The van der Waals surface area contributed by atoms with Crippen molar-refractivity contribution in [3.63, 3.8) is 0 Å². The number of ether oxygens (including phenoxy) is 2. The lowest BCUT2D eigenvalue weighted by molar-refractivity contribution is -0.0260. The van der Waals surface area contributed by atoms with E-state index >= 15 is 0 Å². The second kappa shape index (κ2) is 8.51. The number of hydrogen-bond acceptors (Lipinski definition) is 6. The van der Waals surface area contributed by atoms with Gasteiger partial charge in [-0.1, -0.05) is 24.3 Å². The van der Waals surface area contributed by atoms with Crippen molar-refractivity contribution in [2.75, 3.05) is 19.8 Å². The van der Waals surface area contributed by atoms with Gasteiger partial charge in [0.25, 0.3) is 0 Å². The SMILES string of the molecule is C[C@H](Cc1ccc(O)cc1)NCC1(OP(=O)(O)O)COc2ccccc2OC1. The quantitative estimate of drug-likeness (QED) is 0.515. The zero-order valence-electron chi connectivity index (χ0n) is 15.4. The van der Waals surface area contributed by atoms with Crippen molar-refractivity contribution < 1.29 is 33.5 Å². The topological polar surface area (TPSA) is 117 Å². The van der Waals surface area contributed by atoms with Crippen molar-refractivity contribution in [3.05, 3.63) is 54.1 Å². The molecule has 0 spiro atoms. The number of phosphoric acid groups is 1. The highest BCUT2D eigenvalue weighted by Gasteiger charge is 2.42. The first-order valence-corrected chi connectivity index (χ1v) is 10.4. The van der Waals surface area contributed by atoms with Crippen LogP contribution in [0.25, 0.3) is 0 Å². The molecule has 1 aliphatic heterocycles. The first kappa shape index (κ1) is 20.6. The minimum absolute atomic E-state index is 0.0209. The molecule has 4 N–H and O–H groups in total. The standard InChI is InChI=1S/C19H24NO7P/c1-14(10-15-6-8-16(21)9-7-15)20-11-19(27-28(22,23)24)12-25-17-4-2-3-5-18(17)26-13-19/h2-9,14,20-21H,10-13H2,1H3,(H2,22,23,24)/t14-/m1/s1. The largest absolute Gasteiger partial charge is 0.508 e. The number of rotatable bonds is 7. The Morgan fingerprint density at radius 1 is 1.11 bits per heavy atom. The number of nitrogens with one attached hydrogen (secondary N) is 1. The maximum atomic E-state index is 11.6. The predicted octanol–water partition coefficient (Wildman–Crippen LogP) is 2.23. The first-order chi connectivity index (χ1) is 13.2. The van der Waals surface area contributed by atoms with Crippen LogP contribution in [0.5, 0.6) is 17.2 Å². The molecule has 1 aliphatic rings. The molecule has 2 aromatic carbocycles. The monoisotopic (exact) mass is 409 g/mol. The van der Waals surface area contributed by atoms with Crippen molar-refractivity contribution in [1.82, 2.24) is 5.32 Å². The van der Waals surface area contributed by atoms with Gasteiger partial charge >= 0.3 is 7.82 Å². The summed E-state index contributed by atoms with van der Waals surface area (Å²) >= 11 is 0. The summed E-state index contributed by atoms with van der Waals surface area (Å²) in [5, 5.41) is 12.6. The average Bonchev–Trinajstić information content (AvgIpc) is 2.81. The fraction of sp³-hybridized carbons (Fsp3) is 0.368. The molecule has 0 saturated heterocycles. The Kier molecular flexibility index (Phi) is 6.27. The average molecular weight is 409 g/mol. The van der Waals surface area contributed by atoms with Gasteiger partial charge in [-0.25, -0.2) is 4.57 Å². The van der Waals surface area contributed by atoms with Crippen LogP contribution in [0.4, 0.5) is 0 Å². The predicted molar refractivity (Wildman–Crippen MR) is 103 cm³/mol. The van der Waals surface area contributed by atoms with Crippen LogP contribution < -0.4 is 14.8 Å². The maximum Gasteiger partial charge on any atom is 0.470 e. The molecule has 0 radical (unpaired) electrons. The second-order valence-corrected chi connectivity index (χ2v) is 8.11. The summed E-state index contributed by atoms with van der Waals surface area (Å²) in [6.45, 7) is 1.92. The van der Waals surface area contributed by atoms with Gasteiger partial charge in [0.05, 0.1) is 0 Å². The molecule has 0 amide bonds. The molecular weight excluding hydrogens is 385 g/mol. The first-order valence-electron chi connectivity index (χ1n) is 8.87. The fourth-order valence-corrected chi connectivity index (χ4v) is 3.68. The second-order valence-electron chi connectivity index (χ2n) is 6.94. The van der Waals surface area contributed by atoms with E-state index in [2.05, 4.69) is 5.32 Å². The molecule has 3 rings (SSSR count). The third-order valence-corrected chi connectivity index (χ3v) is 5.02. The Hall–Kier alpha value is -2.09. The lowest BCUT2D eigenvalue weighted by Gasteiger charge is -2.32. The Labute approximate surface area is 163 Å². The lowest BCUT2D eigenvalue weighted by Crippen LogP contribution is -2.52. The number of hydrogen-bond donors (Lipinski definition) is 4.